The van der Waals surface area contributed by atoms with Crippen molar-refractivity contribution >= 4 is 23.0 Å². The summed E-state index contributed by atoms with van der Waals surface area (Å²) in [5, 5.41) is 10.4. The highest BCUT2D eigenvalue weighted by atomic mass is 16.6. The maximum absolute atomic E-state index is 12.6. The van der Waals surface area contributed by atoms with Gasteiger partial charge in [-0.15, -0.1) is 0 Å². The zero-order chi connectivity index (χ0) is 23.3. The Balaban J connectivity index is 1.60. The summed E-state index contributed by atoms with van der Waals surface area (Å²) in [6, 6.07) is 7.82. The second-order valence-electron chi connectivity index (χ2n) is 9.18. The van der Waals surface area contributed by atoms with E-state index in [9.17, 15) is 14.7 Å². The molecule has 1 aromatic heterocycles. The van der Waals surface area contributed by atoms with Crippen molar-refractivity contribution in [2.24, 2.45) is 0 Å². The molecule has 8 nitrogen and oxygen atoms in total. The number of amides is 1. The van der Waals surface area contributed by atoms with E-state index in [0.717, 1.165) is 55.5 Å². The summed E-state index contributed by atoms with van der Waals surface area (Å²) in [7, 11) is 1.66. The molecule has 1 saturated heterocycles. The first kappa shape index (κ1) is 23.8. The Kier molecular flexibility index (Phi) is 7.56. The third-order valence-corrected chi connectivity index (χ3v) is 5.67. The fraction of sp³-hybridized carbons (Fsp3) is 0.542. The van der Waals surface area contributed by atoms with Crippen molar-refractivity contribution in [2.45, 2.75) is 51.7 Å². The number of likely N-dealkylation sites (tertiary alicyclic amines) is 1. The Bertz CT molecular complexity index is 948. The molecule has 1 aliphatic rings. The van der Waals surface area contributed by atoms with Crippen molar-refractivity contribution in [2.75, 3.05) is 33.3 Å². The minimum Gasteiger partial charge on any atom is -0.497 e. The highest BCUT2D eigenvalue weighted by Crippen LogP contribution is 2.24. The zero-order valence-corrected chi connectivity index (χ0v) is 19.3. The third-order valence-electron chi connectivity index (χ3n) is 5.67. The standard InChI is InChI=1S/C24H33N3O5/c1-24(2,3)32-23(30)27(16-22(28)29)18-9-13-26(14-10-18)12-8-17-7-11-25-21-6-5-19(31-4)15-20(17)21/h5-7,11,15,18H,8-10,12-14,16H2,1-4H3,(H,28,29). The van der Waals surface area contributed by atoms with E-state index in [0.29, 0.717) is 0 Å². The molecule has 1 amide bonds. The number of aliphatic carboxylic acids is 1. The quantitative estimate of drug-likeness (QED) is 0.699. The van der Waals surface area contributed by atoms with Gasteiger partial charge >= 0.3 is 12.1 Å². The van der Waals surface area contributed by atoms with Crippen LogP contribution >= 0.6 is 0 Å². The van der Waals surface area contributed by atoms with Crippen LogP contribution in [0.2, 0.25) is 0 Å². The van der Waals surface area contributed by atoms with Crippen LogP contribution in [0.1, 0.15) is 39.2 Å². The molecule has 32 heavy (non-hydrogen) atoms. The number of carbonyl (C=O) groups is 2. The van der Waals surface area contributed by atoms with Gasteiger partial charge in [0.1, 0.15) is 17.9 Å². The van der Waals surface area contributed by atoms with Crippen LogP contribution in [0.4, 0.5) is 4.79 Å². The van der Waals surface area contributed by atoms with Crippen molar-refractivity contribution in [1.29, 1.82) is 0 Å². The zero-order valence-electron chi connectivity index (χ0n) is 19.3. The number of ether oxygens (including phenoxy) is 2. The van der Waals surface area contributed by atoms with Gasteiger partial charge in [-0.05, 0) is 69.9 Å². The number of carboxylic acids is 1. The molecule has 0 atom stereocenters. The Labute approximate surface area is 189 Å². The first-order valence-corrected chi connectivity index (χ1v) is 11.0. The normalized spacial score (nSPS) is 15.5. The predicted octanol–water partition coefficient (Wildman–Crippen LogP) is 3.57. The summed E-state index contributed by atoms with van der Waals surface area (Å²) < 4.78 is 10.8. The molecule has 1 aromatic carbocycles. The van der Waals surface area contributed by atoms with E-state index in [4.69, 9.17) is 9.47 Å². The Morgan fingerprint density at radius 3 is 2.56 bits per heavy atom. The molecule has 0 saturated carbocycles. The van der Waals surface area contributed by atoms with Crippen LogP contribution in [-0.4, -0.2) is 76.9 Å². The molecule has 0 spiro atoms. The molecule has 1 fully saturated rings. The molecular formula is C24H33N3O5. The van der Waals surface area contributed by atoms with Crippen LogP contribution in [0.3, 0.4) is 0 Å². The highest BCUT2D eigenvalue weighted by Gasteiger charge is 2.32. The van der Waals surface area contributed by atoms with Crippen LogP contribution in [0.5, 0.6) is 5.75 Å². The van der Waals surface area contributed by atoms with E-state index < -0.39 is 17.7 Å². The number of pyridine rings is 1. The molecule has 1 N–H and O–H groups in total. The van der Waals surface area contributed by atoms with Gasteiger partial charge in [0.2, 0.25) is 0 Å². The molecule has 0 aliphatic carbocycles. The van der Waals surface area contributed by atoms with Crippen LogP contribution in [0.15, 0.2) is 30.5 Å². The van der Waals surface area contributed by atoms with E-state index in [1.807, 2.05) is 30.5 Å². The monoisotopic (exact) mass is 443 g/mol. The highest BCUT2D eigenvalue weighted by molar-refractivity contribution is 5.83. The van der Waals surface area contributed by atoms with Gasteiger partial charge in [-0.25, -0.2) is 4.79 Å². The van der Waals surface area contributed by atoms with Crippen LogP contribution in [-0.2, 0) is 16.0 Å². The Morgan fingerprint density at radius 1 is 1.22 bits per heavy atom. The summed E-state index contributed by atoms with van der Waals surface area (Å²) in [6.45, 7) is 7.49. The third kappa shape index (κ3) is 6.32. The second-order valence-corrected chi connectivity index (χ2v) is 9.18. The van der Waals surface area contributed by atoms with E-state index >= 15 is 0 Å². The summed E-state index contributed by atoms with van der Waals surface area (Å²) in [5.41, 5.74) is 1.51. The first-order valence-electron chi connectivity index (χ1n) is 11.0. The van der Waals surface area contributed by atoms with E-state index in [1.165, 1.54) is 10.5 Å². The molecule has 3 rings (SSSR count). The topological polar surface area (TPSA) is 92.2 Å². The van der Waals surface area contributed by atoms with Crippen LogP contribution < -0.4 is 4.74 Å². The molecular weight excluding hydrogens is 410 g/mol. The van der Waals surface area contributed by atoms with Gasteiger partial charge in [-0.2, -0.15) is 0 Å². The molecule has 0 bridgehead atoms. The smallest absolute Gasteiger partial charge is 0.411 e. The molecule has 174 valence electrons. The summed E-state index contributed by atoms with van der Waals surface area (Å²) in [4.78, 5) is 32.1. The summed E-state index contributed by atoms with van der Waals surface area (Å²) in [5.74, 6) is -0.216. The summed E-state index contributed by atoms with van der Waals surface area (Å²) in [6.07, 6.45) is 3.59. The number of fused-ring (bicyclic) bond motifs is 1. The molecule has 1 aliphatic heterocycles. The number of carboxylic acid groups (broad SMARTS) is 1. The number of hydrogen-bond acceptors (Lipinski definition) is 6. The number of benzene rings is 1. The average molecular weight is 444 g/mol. The van der Waals surface area contributed by atoms with E-state index in [-0.39, 0.29) is 12.6 Å². The fourth-order valence-electron chi connectivity index (χ4n) is 4.07. The van der Waals surface area contributed by atoms with Gasteiger partial charge in [0.05, 0.1) is 12.6 Å². The van der Waals surface area contributed by atoms with Gasteiger partial charge < -0.3 is 19.5 Å². The number of hydrogen-bond donors (Lipinski definition) is 1. The van der Waals surface area contributed by atoms with E-state index in [2.05, 4.69) is 9.88 Å². The largest absolute Gasteiger partial charge is 0.497 e. The Hall–Kier alpha value is -2.87. The predicted molar refractivity (Wildman–Crippen MR) is 122 cm³/mol. The van der Waals surface area contributed by atoms with Gasteiger partial charge in [0.25, 0.3) is 0 Å². The second kappa shape index (κ2) is 10.2. The van der Waals surface area contributed by atoms with Crippen molar-refractivity contribution < 1.29 is 24.2 Å². The van der Waals surface area contributed by atoms with Crippen molar-refractivity contribution in [3.63, 3.8) is 0 Å². The van der Waals surface area contributed by atoms with Crippen LogP contribution in [0, 0.1) is 0 Å². The van der Waals surface area contributed by atoms with E-state index in [1.54, 1.807) is 27.9 Å². The van der Waals surface area contributed by atoms with Gasteiger partial charge in [0.15, 0.2) is 0 Å². The molecule has 0 radical (unpaired) electrons. The molecule has 0 unspecified atom stereocenters. The number of piperidine rings is 1. The minimum atomic E-state index is -1.03. The lowest BCUT2D eigenvalue weighted by atomic mass is 10.0. The fourth-order valence-corrected chi connectivity index (χ4v) is 4.07. The maximum Gasteiger partial charge on any atom is 0.411 e. The van der Waals surface area contributed by atoms with Crippen molar-refractivity contribution in [3.8, 4) is 5.75 Å². The minimum absolute atomic E-state index is 0.136. The van der Waals surface area contributed by atoms with Gasteiger partial charge in [-0.1, -0.05) is 0 Å². The average Bonchev–Trinajstić information content (AvgIpc) is 2.74. The molecule has 8 heteroatoms. The lowest BCUT2D eigenvalue weighted by molar-refractivity contribution is -0.139. The van der Waals surface area contributed by atoms with Gasteiger partial charge in [-0.3, -0.25) is 14.7 Å². The number of rotatable bonds is 7. The number of methoxy groups -OCH3 is 1. The maximum atomic E-state index is 12.6. The van der Waals surface area contributed by atoms with Gasteiger partial charge in [0, 0.05) is 37.3 Å². The lowest BCUT2D eigenvalue weighted by Crippen LogP contribution is -2.50. The molecule has 2 heterocycles. The Morgan fingerprint density at radius 2 is 1.94 bits per heavy atom. The first-order chi connectivity index (χ1) is 15.2. The van der Waals surface area contributed by atoms with Crippen molar-refractivity contribution in [3.05, 3.63) is 36.0 Å². The summed E-state index contributed by atoms with van der Waals surface area (Å²) >= 11 is 0. The lowest BCUT2D eigenvalue weighted by Gasteiger charge is -2.38. The number of aromatic nitrogens is 1. The van der Waals surface area contributed by atoms with Crippen LogP contribution in [0.25, 0.3) is 10.9 Å². The van der Waals surface area contributed by atoms with Crippen molar-refractivity contribution in [1.82, 2.24) is 14.8 Å². The molecule has 2 aromatic rings. The SMILES string of the molecule is COc1ccc2nccc(CCN3CCC(N(CC(=O)O)C(=O)OC(C)(C)C)CC3)c2c1. The number of carbonyl (C=O) groups excluding carboxylic acids is 1. The number of nitrogens with zero attached hydrogens (tertiary/aromatic N) is 3.